The van der Waals surface area contributed by atoms with Crippen LogP contribution in [0.25, 0.3) is 10.9 Å². The van der Waals surface area contributed by atoms with Gasteiger partial charge in [-0.25, -0.2) is 0 Å². The molecule has 0 saturated carbocycles. The molecule has 164 valence electrons. The molecule has 4 nitrogen and oxygen atoms in total. The molecule has 1 heterocycles. The summed E-state index contributed by atoms with van der Waals surface area (Å²) in [5.41, 5.74) is 3.15. The molecule has 0 fully saturated rings. The lowest BCUT2D eigenvalue weighted by atomic mass is 10.2. The van der Waals surface area contributed by atoms with E-state index in [2.05, 4.69) is 49.4 Å². The summed E-state index contributed by atoms with van der Waals surface area (Å²) in [4.78, 5) is 10.8. The molecule has 0 bridgehead atoms. The minimum atomic E-state index is 0.331. The van der Waals surface area contributed by atoms with Crippen LogP contribution < -0.4 is 5.32 Å². The monoisotopic (exact) mass is 427 g/mol. The Bertz CT molecular complexity index is 846. The van der Waals surface area contributed by atoms with Crippen LogP contribution in [0.3, 0.4) is 0 Å². The number of hydrogen-bond acceptors (Lipinski definition) is 3. The summed E-state index contributed by atoms with van der Waals surface area (Å²) < 4.78 is 2.29. The van der Waals surface area contributed by atoms with Gasteiger partial charge in [0.15, 0.2) is 0 Å². The number of aryl methyl sites for hydroxylation is 1. The summed E-state index contributed by atoms with van der Waals surface area (Å²) in [6.07, 6.45) is 5.97. The molecule has 1 amide bonds. The SMILES string of the molecule is C=C(Cn1c(CC)cc2cc(C#N)ccc21)S/C=C\C.CCC.CCC(C)NC=O. The van der Waals surface area contributed by atoms with Gasteiger partial charge in [0, 0.05) is 27.5 Å². The first-order valence-corrected chi connectivity index (χ1v) is 11.5. The number of nitriles is 1. The highest BCUT2D eigenvalue weighted by molar-refractivity contribution is 8.05. The minimum Gasteiger partial charge on any atom is -0.356 e. The molecule has 5 heteroatoms. The fourth-order valence-electron chi connectivity index (χ4n) is 2.49. The van der Waals surface area contributed by atoms with Crippen LogP contribution >= 0.6 is 11.8 Å². The number of rotatable bonds is 8. The topological polar surface area (TPSA) is 57.8 Å². The summed E-state index contributed by atoms with van der Waals surface area (Å²) in [5.74, 6) is 0. The Morgan fingerprint density at radius 1 is 1.30 bits per heavy atom. The van der Waals surface area contributed by atoms with E-state index in [-0.39, 0.29) is 0 Å². The van der Waals surface area contributed by atoms with Gasteiger partial charge in [0.1, 0.15) is 0 Å². The summed E-state index contributed by atoms with van der Waals surface area (Å²) >= 11 is 1.66. The second kappa shape index (κ2) is 16.4. The summed E-state index contributed by atoms with van der Waals surface area (Å²) in [6.45, 7) is 17.3. The van der Waals surface area contributed by atoms with E-state index in [1.807, 2.05) is 50.5 Å². The Labute approximate surface area is 187 Å². The lowest BCUT2D eigenvalue weighted by Crippen LogP contribution is -2.22. The molecule has 0 radical (unpaired) electrons. The maximum atomic E-state index is 9.66. The fraction of sp³-hybridized carbons (Fsp3) is 0.440. The van der Waals surface area contributed by atoms with Crippen LogP contribution in [-0.2, 0) is 17.8 Å². The standard InChI is InChI=1S/C17H18N2S.C5H11NO.C3H8/c1-4-8-20-13(3)12-19-16(5-2)10-15-9-14(11-18)6-7-17(15)19;1-3-5(2)6-4-7;1-3-2/h4,6-10H,3,5,12H2,1-2H3;4-5H,3H2,1-2H3,(H,6,7);3H2,1-2H3/b8-4-;;. The van der Waals surface area contributed by atoms with Crippen LogP contribution in [0.2, 0.25) is 0 Å². The second-order valence-electron chi connectivity index (χ2n) is 6.89. The van der Waals surface area contributed by atoms with Gasteiger partial charge in [0.25, 0.3) is 0 Å². The second-order valence-corrected chi connectivity index (χ2v) is 7.97. The first-order valence-electron chi connectivity index (χ1n) is 10.6. The van der Waals surface area contributed by atoms with Crippen molar-refractivity contribution in [1.82, 2.24) is 9.88 Å². The Morgan fingerprint density at radius 3 is 2.43 bits per heavy atom. The van der Waals surface area contributed by atoms with Crippen LogP contribution in [0.5, 0.6) is 0 Å². The van der Waals surface area contributed by atoms with Crippen molar-refractivity contribution in [2.24, 2.45) is 0 Å². The molecular weight excluding hydrogens is 390 g/mol. The summed E-state index contributed by atoms with van der Waals surface area (Å²) in [6, 6.07) is 10.6. The van der Waals surface area contributed by atoms with Crippen LogP contribution in [0.15, 0.2) is 47.2 Å². The number of carbonyl (C=O) groups excluding carboxylic acids is 1. The van der Waals surface area contributed by atoms with Gasteiger partial charge in [-0.15, -0.1) is 11.8 Å². The zero-order valence-electron chi connectivity index (χ0n) is 19.4. The van der Waals surface area contributed by atoms with Crippen molar-refractivity contribution < 1.29 is 4.79 Å². The van der Waals surface area contributed by atoms with E-state index in [1.54, 1.807) is 11.8 Å². The van der Waals surface area contributed by atoms with Crippen molar-refractivity contribution in [3.8, 4) is 6.07 Å². The summed E-state index contributed by atoms with van der Waals surface area (Å²) in [5, 5.41) is 14.8. The van der Waals surface area contributed by atoms with Gasteiger partial charge in [-0.2, -0.15) is 5.26 Å². The lowest BCUT2D eigenvalue weighted by Gasteiger charge is -2.10. The molecular formula is C25H37N3OS. The van der Waals surface area contributed by atoms with Crippen molar-refractivity contribution in [3.63, 3.8) is 0 Å². The number of nitrogens with one attached hydrogen (secondary N) is 1. The van der Waals surface area contributed by atoms with Crippen molar-refractivity contribution in [2.45, 2.75) is 73.4 Å². The third-order valence-electron chi connectivity index (χ3n) is 4.15. The number of amides is 1. The molecule has 0 aliphatic heterocycles. The van der Waals surface area contributed by atoms with E-state index in [0.717, 1.165) is 36.1 Å². The Balaban J connectivity index is 0.000000706. The van der Waals surface area contributed by atoms with Gasteiger partial charge in [-0.05, 0) is 56.4 Å². The van der Waals surface area contributed by atoms with Gasteiger partial charge in [-0.3, -0.25) is 4.79 Å². The number of thioether (sulfide) groups is 1. The molecule has 1 unspecified atom stereocenters. The number of benzene rings is 1. The third kappa shape index (κ3) is 9.84. The zero-order valence-corrected chi connectivity index (χ0v) is 20.2. The van der Waals surface area contributed by atoms with E-state index in [1.165, 1.54) is 17.6 Å². The molecule has 1 atom stereocenters. The average Bonchev–Trinajstić information content (AvgIpc) is 3.09. The molecule has 1 N–H and O–H groups in total. The number of aromatic nitrogens is 1. The quantitative estimate of drug-likeness (QED) is 0.471. The molecule has 1 aromatic heterocycles. The van der Waals surface area contributed by atoms with Crippen LogP contribution in [0, 0.1) is 11.3 Å². The Morgan fingerprint density at radius 2 is 1.97 bits per heavy atom. The van der Waals surface area contributed by atoms with E-state index in [9.17, 15) is 4.79 Å². The average molecular weight is 428 g/mol. The predicted octanol–water partition coefficient (Wildman–Crippen LogP) is 6.80. The molecule has 0 spiro atoms. The molecule has 1 aromatic carbocycles. The molecule has 30 heavy (non-hydrogen) atoms. The van der Waals surface area contributed by atoms with Crippen LogP contribution in [-0.4, -0.2) is 17.0 Å². The molecule has 0 aliphatic carbocycles. The molecule has 2 rings (SSSR count). The van der Waals surface area contributed by atoms with E-state index >= 15 is 0 Å². The number of allylic oxidation sites excluding steroid dienone is 2. The Hall–Kier alpha value is -2.45. The van der Waals surface area contributed by atoms with Crippen molar-refractivity contribution in [1.29, 1.82) is 5.26 Å². The molecule has 2 aromatic rings. The smallest absolute Gasteiger partial charge is 0.207 e. The maximum Gasteiger partial charge on any atom is 0.207 e. The maximum absolute atomic E-state index is 9.66. The highest BCUT2D eigenvalue weighted by Crippen LogP contribution is 2.25. The molecule has 0 saturated heterocycles. The van der Waals surface area contributed by atoms with Crippen molar-refractivity contribution >= 4 is 29.1 Å². The van der Waals surface area contributed by atoms with E-state index in [0.29, 0.717) is 11.6 Å². The van der Waals surface area contributed by atoms with Crippen molar-refractivity contribution in [3.05, 3.63) is 58.5 Å². The number of nitrogens with zero attached hydrogens (tertiary/aromatic N) is 2. The van der Waals surface area contributed by atoms with Crippen LogP contribution in [0.1, 0.15) is 65.6 Å². The predicted molar refractivity (Wildman–Crippen MR) is 132 cm³/mol. The Kier molecular flexibility index (Phi) is 15.0. The first-order chi connectivity index (χ1) is 14.4. The largest absolute Gasteiger partial charge is 0.356 e. The number of fused-ring (bicyclic) bond motifs is 1. The first kappa shape index (κ1) is 27.5. The number of hydrogen-bond donors (Lipinski definition) is 1. The highest BCUT2D eigenvalue weighted by atomic mass is 32.2. The van der Waals surface area contributed by atoms with E-state index < -0.39 is 0 Å². The van der Waals surface area contributed by atoms with Gasteiger partial charge >= 0.3 is 0 Å². The van der Waals surface area contributed by atoms with Crippen molar-refractivity contribution in [2.75, 3.05) is 0 Å². The third-order valence-corrected chi connectivity index (χ3v) is 5.02. The van der Waals surface area contributed by atoms with E-state index in [4.69, 9.17) is 5.26 Å². The normalized spacial score (nSPS) is 11.0. The van der Waals surface area contributed by atoms with Gasteiger partial charge in [-0.1, -0.05) is 46.8 Å². The van der Waals surface area contributed by atoms with Gasteiger partial charge in [0.2, 0.25) is 6.41 Å². The van der Waals surface area contributed by atoms with Gasteiger partial charge in [0.05, 0.1) is 18.2 Å². The molecule has 0 aliphatic rings. The fourth-order valence-corrected chi connectivity index (χ4v) is 3.02. The van der Waals surface area contributed by atoms with Crippen LogP contribution in [0.4, 0.5) is 0 Å². The zero-order chi connectivity index (χ0) is 22.9. The lowest BCUT2D eigenvalue weighted by molar-refractivity contribution is -0.110. The summed E-state index contributed by atoms with van der Waals surface area (Å²) in [7, 11) is 0. The van der Waals surface area contributed by atoms with Gasteiger partial charge < -0.3 is 9.88 Å². The number of carbonyl (C=O) groups is 1. The highest BCUT2D eigenvalue weighted by Gasteiger charge is 2.09. The minimum absolute atomic E-state index is 0.331.